The largest absolute Gasteiger partial charge is 0.493 e. The third kappa shape index (κ3) is 5.66. The lowest BCUT2D eigenvalue weighted by Crippen LogP contribution is -2.11. The van der Waals surface area contributed by atoms with Crippen molar-refractivity contribution in [3.8, 4) is 11.5 Å². The highest BCUT2D eigenvalue weighted by atomic mass is 16.5. The van der Waals surface area contributed by atoms with Crippen LogP contribution in [0.25, 0.3) is 6.08 Å². The molecule has 4 nitrogen and oxygen atoms in total. The lowest BCUT2D eigenvalue weighted by molar-refractivity contribution is -0.131. The Morgan fingerprint density at radius 3 is 2.57 bits per heavy atom. The van der Waals surface area contributed by atoms with Crippen molar-refractivity contribution in [1.82, 2.24) is 0 Å². The number of rotatable bonds is 7. The van der Waals surface area contributed by atoms with Crippen LogP contribution in [0.15, 0.2) is 48.6 Å². The SMILES string of the molecule is COc1ccc(C=CC=CC=CC(=O)O)cc1OC1CCCC1. The summed E-state index contributed by atoms with van der Waals surface area (Å²) >= 11 is 0. The minimum absolute atomic E-state index is 0.282. The summed E-state index contributed by atoms with van der Waals surface area (Å²) in [5.41, 5.74) is 1.01. The summed E-state index contributed by atoms with van der Waals surface area (Å²) < 4.78 is 11.4. The number of carboxylic acid groups (broad SMARTS) is 1. The summed E-state index contributed by atoms with van der Waals surface area (Å²) in [5.74, 6) is 0.563. The molecule has 1 fully saturated rings. The summed E-state index contributed by atoms with van der Waals surface area (Å²) in [6.07, 6.45) is 14.7. The van der Waals surface area contributed by atoms with Gasteiger partial charge in [0.1, 0.15) is 0 Å². The van der Waals surface area contributed by atoms with E-state index in [0.29, 0.717) is 0 Å². The maximum Gasteiger partial charge on any atom is 0.328 e. The summed E-state index contributed by atoms with van der Waals surface area (Å²) in [6.45, 7) is 0. The van der Waals surface area contributed by atoms with Crippen LogP contribution < -0.4 is 9.47 Å². The van der Waals surface area contributed by atoms with Crippen molar-refractivity contribution >= 4 is 12.0 Å². The molecule has 1 aromatic carbocycles. The molecule has 0 aliphatic heterocycles. The van der Waals surface area contributed by atoms with E-state index >= 15 is 0 Å². The van der Waals surface area contributed by atoms with Gasteiger partial charge in [-0.05, 0) is 43.4 Å². The van der Waals surface area contributed by atoms with Crippen LogP contribution in [0.3, 0.4) is 0 Å². The van der Waals surface area contributed by atoms with E-state index < -0.39 is 5.97 Å². The first-order valence-electron chi connectivity index (χ1n) is 7.78. The number of methoxy groups -OCH3 is 1. The van der Waals surface area contributed by atoms with E-state index in [2.05, 4.69) is 0 Å². The second-order valence-corrected chi connectivity index (χ2v) is 5.38. The van der Waals surface area contributed by atoms with Crippen LogP contribution in [0, 0.1) is 0 Å². The van der Waals surface area contributed by atoms with Crippen molar-refractivity contribution in [3.05, 3.63) is 54.1 Å². The standard InChI is InChI=1S/C19H22O4/c1-22-17-13-12-15(8-4-2-3-5-11-19(20)21)14-18(17)23-16-9-6-7-10-16/h2-5,8,11-14,16H,6-7,9-10H2,1H3,(H,20,21). The van der Waals surface area contributed by atoms with Gasteiger partial charge in [-0.15, -0.1) is 0 Å². The molecular weight excluding hydrogens is 292 g/mol. The molecule has 0 unspecified atom stereocenters. The van der Waals surface area contributed by atoms with E-state index in [-0.39, 0.29) is 6.10 Å². The molecule has 1 aliphatic rings. The van der Waals surface area contributed by atoms with Crippen LogP contribution in [-0.2, 0) is 4.79 Å². The molecule has 0 saturated heterocycles. The first-order chi connectivity index (χ1) is 11.2. The Hall–Kier alpha value is -2.49. The predicted octanol–water partition coefficient (Wildman–Crippen LogP) is 4.23. The van der Waals surface area contributed by atoms with Gasteiger partial charge in [0.2, 0.25) is 0 Å². The molecular formula is C19H22O4. The molecule has 0 radical (unpaired) electrons. The predicted molar refractivity (Wildman–Crippen MR) is 90.8 cm³/mol. The second kappa shape index (κ2) is 8.83. The fourth-order valence-electron chi connectivity index (χ4n) is 2.51. The van der Waals surface area contributed by atoms with Gasteiger partial charge in [-0.1, -0.05) is 36.4 Å². The van der Waals surface area contributed by atoms with Crippen molar-refractivity contribution in [2.75, 3.05) is 7.11 Å². The highest BCUT2D eigenvalue weighted by molar-refractivity contribution is 5.80. The average Bonchev–Trinajstić information content (AvgIpc) is 3.04. The van der Waals surface area contributed by atoms with Crippen molar-refractivity contribution in [2.24, 2.45) is 0 Å². The number of hydrogen-bond donors (Lipinski definition) is 1. The minimum atomic E-state index is -0.956. The maximum atomic E-state index is 10.3. The Kier molecular flexibility index (Phi) is 6.48. The molecule has 0 heterocycles. The van der Waals surface area contributed by atoms with Crippen molar-refractivity contribution in [2.45, 2.75) is 31.8 Å². The lowest BCUT2D eigenvalue weighted by atomic mass is 10.2. The molecule has 2 rings (SSSR count). The van der Waals surface area contributed by atoms with E-state index in [4.69, 9.17) is 14.6 Å². The van der Waals surface area contributed by atoms with Gasteiger partial charge >= 0.3 is 5.97 Å². The second-order valence-electron chi connectivity index (χ2n) is 5.38. The summed E-state index contributed by atoms with van der Waals surface area (Å²) in [4.78, 5) is 10.3. The summed E-state index contributed by atoms with van der Waals surface area (Å²) in [7, 11) is 1.64. The van der Waals surface area contributed by atoms with E-state index in [1.165, 1.54) is 18.9 Å². The molecule has 0 aromatic heterocycles. The molecule has 1 aliphatic carbocycles. The van der Waals surface area contributed by atoms with E-state index in [0.717, 1.165) is 36.0 Å². The van der Waals surface area contributed by atoms with Crippen LogP contribution >= 0.6 is 0 Å². The van der Waals surface area contributed by atoms with Crippen molar-refractivity contribution < 1.29 is 19.4 Å². The zero-order valence-corrected chi connectivity index (χ0v) is 13.3. The molecule has 1 N–H and O–H groups in total. The number of carbonyl (C=O) groups is 1. The van der Waals surface area contributed by atoms with Gasteiger partial charge in [0.15, 0.2) is 11.5 Å². The Bertz CT molecular complexity index is 608. The molecule has 1 saturated carbocycles. The van der Waals surface area contributed by atoms with Crippen LogP contribution in [0.5, 0.6) is 11.5 Å². The third-order valence-electron chi connectivity index (χ3n) is 3.64. The monoisotopic (exact) mass is 314 g/mol. The van der Waals surface area contributed by atoms with Crippen LogP contribution in [0.4, 0.5) is 0 Å². The van der Waals surface area contributed by atoms with Gasteiger partial charge in [0.25, 0.3) is 0 Å². The fourth-order valence-corrected chi connectivity index (χ4v) is 2.51. The number of benzene rings is 1. The van der Waals surface area contributed by atoms with Crippen LogP contribution in [0.1, 0.15) is 31.2 Å². The smallest absolute Gasteiger partial charge is 0.328 e. The number of hydrogen-bond acceptors (Lipinski definition) is 3. The number of ether oxygens (including phenoxy) is 2. The van der Waals surface area contributed by atoms with Gasteiger partial charge < -0.3 is 14.6 Å². The zero-order valence-electron chi connectivity index (χ0n) is 13.3. The maximum absolute atomic E-state index is 10.3. The minimum Gasteiger partial charge on any atom is -0.493 e. The van der Waals surface area contributed by atoms with E-state index in [9.17, 15) is 4.79 Å². The number of carboxylic acids is 1. The molecule has 122 valence electrons. The Balaban J connectivity index is 2.02. The summed E-state index contributed by atoms with van der Waals surface area (Å²) in [6, 6.07) is 5.82. The highest BCUT2D eigenvalue weighted by Gasteiger charge is 2.18. The molecule has 4 heteroatoms. The van der Waals surface area contributed by atoms with Gasteiger partial charge in [0.05, 0.1) is 13.2 Å². The quantitative estimate of drug-likeness (QED) is 0.604. The Morgan fingerprint density at radius 2 is 1.87 bits per heavy atom. The Morgan fingerprint density at radius 1 is 1.13 bits per heavy atom. The summed E-state index contributed by atoms with van der Waals surface area (Å²) in [5, 5.41) is 8.48. The third-order valence-corrected chi connectivity index (χ3v) is 3.64. The fraction of sp³-hybridized carbons (Fsp3) is 0.316. The topological polar surface area (TPSA) is 55.8 Å². The van der Waals surface area contributed by atoms with Gasteiger partial charge in [-0.3, -0.25) is 0 Å². The van der Waals surface area contributed by atoms with Crippen molar-refractivity contribution in [3.63, 3.8) is 0 Å². The average molecular weight is 314 g/mol. The molecule has 0 spiro atoms. The molecule has 0 amide bonds. The molecule has 23 heavy (non-hydrogen) atoms. The normalized spacial score (nSPS) is 15.9. The zero-order chi connectivity index (χ0) is 16.5. The lowest BCUT2D eigenvalue weighted by Gasteiger charge is -2.16. The molecule has 0 atom stereocenters. The van der Waals surface area contributed by atoms with E-state index in [1.54, 1.807) is 19.3 Å². The van der Waals surface area contributed by atoms with Crippen molar-refractivity contribution in [1.29, 1.82) is 0 Å². The first kappa shape index (κ1) is 16.9. The Labute approximate surface area is 136 Å². The van der Waals surface area contributed by atoms with Gasteiger partial charge in [-0.25, -0.2) is 4.79 Å². The molecule has 1 aromatic rings. The van der Waals surface area contributed by atoms with Gasteiger partial charge in [-0.2, -0.15) is 0 Å². The van der Waals surface area contributed by atoms with Crippen LogP contribution in [-0.4, -0.2) is 24.3 Å². The van der Waals surface area contributed by atoms with Gasteiger partial charge in [0, 0.05) is 6.08 Å². The van der Waals surface area contributed by atoms with Crippen LogP contribution in [0.2, 0.25) is 0 Å². The number of aliphatic carboxylic acids is 1. The number of allylic oxidation sites excluding steroid dienone is 4. The first-order valence-corrected chi connectivity index (χ1v) is 7.78. The van der Waals surface area contributed by atoms with E-state index in [1.807, 2.05) is 30.4 Å². The molecule has 0 bridgehead atoms. The highest BCUT2D eigenvalue weighted by Crippen LogP contribution is 2.32.